The van der Waals surface area contributed by atoms with Crippen LogP contribution >= 0.6 is 23.2 Å². The van der Waals surface area contributed by atoms with Crippen LogP contribution in [0.25, 0.3) is 0 Å². The van der Waals surface area contributed by atoms with E-state index in [1.165, 1.54) is 10.6 Å². The first kappa shape index (κ1) is 19.8. The van der Waals surface area contributed by atoms with Crippen LogP contribution in [0, 0.1) is 6.92 Å². The molecule has 1 heterocycles. The molecule has 2 amide bonds. The summed E-state index contributed by atoms with van der Waals surface area (Å²) in [6.45, 7) is 7.61. The van der Waals surface area contributed by atoms with Crippen LogP contribution in [0.5, 0.6) is 0 Å². The van der Waals surface area contributed by atoms with Crippen molar-refractivity contribution in [1.29, 1.82) is 0 Å². The molecule has 1 fully saturated rings. The van der Waals surface area contributed by atoms with Crippen molar-refractivity contribution in [3.05, 3.63) is 58.1 Å². The molecule has 2 aromatic rings. The predicted octanol–water partition coefficient (Wildman–Crippen LogP) is 2.83. The molecule has 3 rings (SSSR count). The number of aryl methyl sites for hydroxylation is 1. The number of rotatable bonds is 5. The first-order valence-electron chi connectivity index (χ1n) is 9.16. The van der Waals surface area contributed by atoms with Gasteiger partial charge in [-0.25, -0.2) is 4.79 Å². The van der Waals surface area contributed by atoms with Gasteiger partial charge in [0.2, 0.25) is 0 Å². The number of anilines is 2. The Bertz CT molecular complexity index is 774. The molecule has 0 saturated carbocycles. The van der Waals surface area contributed by atoms with E-state index in [4.69, 9.17) is 23.2 Å². The minimum absolute atomic E-state index is 0.221. The SMILES string of the molecule is Cc1ccc(Cl)c(NC(=O)NCC[NH+]2CCN(c3ccc(Cl)cc3)CC2)c1. The van der Waals surface area contributed by atoms with Gasteiger partial charge in [0, 0.05) is 10.7 Å². The van der Waals surface area contributed by atoms with Gasteiger partial charge in [-0.3, -0.25) is 0 Å². The van der Waals surface area contributed by atoms with E-state index in [1.54, 1.807) is 6.07 Å². The monoisotopic (exact) mass is 407 g/mol. The number of carbonyl (C=O) groups is 1. The summed E-state index contributed by atoms with van der Waals surface area (Å²) in [5, 5.41) is 7.03. The summed E-state index contributed by atoms with van der Waals surface area (Å²) in [6.07, 6.45) is 0. The number of urea groups is 1. The van der Waals surface area contributed by atoms with Gasteiger partial charge < -0.3 is 20.4 Å². The van der Waals surface area contributed by atoms with Crippen molar-refractivity contribution in [3.63, 3.8) is 0 Å². The molecule has 0 aromatic heterocycles. The Morgan fingerprint density at radius 3 is 2.52 bits per heavy atom. The maximum Gasteiger partial charge on any atom is 0.319 e. The number of piperazine rings is 1. The highest BCUT2D eigenvalue weighted by Crippen LogP contribution is 2.22. The van der Waals surface area contributed by atoms with Crippen molar-refractivity contribution in [2.45, 2.75) is 6.92 Å². The lowest BCUT2D eigenvalue weighted by Crippen LogP contribution is -3.15. The fourth-order valence-corrected chi connectivity index (χ4v) is 3.53. The second-order valence-electron chi connectivity index (χ2n) is 6.83. The van der Waals surface area contributed by atoms with Crippen molar-refractivity contribution in [3.8, 4) is 0 Å². The molecule has 1 aliphatic rings. The van der Waals surface area contributed by atoms with E-state index in [0.29, 0.717) is 17.3 Å². The number of halogens is 2. The standard InChI is InChI=1S/C20H24Cl2N4O/c1-15-2-7-18(22)19(14-15)24-20(27)23-8-9-25-10-12-26(13-11-25)17-5-3-16(21)4-6-17/h2-7,14H,8-13H2,1H3,(H2,23,24,27)/p+1. The summed E-state index contributed by atoms with van der Waals surface area (Å²) in [7, 11) is 0. The van der Waals surface area contributed by atoms with Gasteiger partial charge >= 0.3 is 6.03 Å². The van der Waals surface area contributed by atoms with Crippen LogP contribution in [0.15, 0.2) is 42.5 Å². The minimum atomic E-state index is -0.221. The zero-order valence-corrected chi connectivity index (χ0v) is 16.9. The quantitative estimate of drug-likeness (QED) is 0.713. The fourth-order valence-electron chi connectivity index (χ4n) is 3.24. The van der Waals surface area contributed by atoms with E-state index in [1.807, 2.05) is 31.2 Å². The number of nitrogens with one attached hydrogen (secondary N) is 3. The maximum atomic E-state index is 12.1. The molecule has 2 aromatic carbocycles. The van der Waals surface area contributed by atoms with Crippen LogP contribution in [0.2, 0.25) is 10.0 Å². The lowest BCUT2D eigenvalue weighted by atomic mass is 10.2. The van der Waals surface area contributed by atoms with Crippen molar-refractivity contribution in [1.82, 2.24) is 5.32 Å². The lowest BCUT2D eigenvalue weighted by molar-refractivity contribution is -0.899. The Morgan fingerprint density at radius 1 is 1.11 bits per heavy atom. The van der Waals surface area contributed by atoms with E-state index < -0.39 is 0 Å². The lowest BCUT2D eigenvalue weighted by Gasteiger charge is -2.33. The molecule has 0 spiro atoms. The van der Waals surface area contributed by atoms with Gasteiger partial charge in [-0.15, -0.1) is 0 Å². The Balaban J connectivity index is 1.38. The summed E-state index contributed by atoms with van der Waals surface area (Å²) in [4.78, 5) is 15.9. The summed E-state index contributed by atoms with van der Waals surface area (Å²) in [6, 6.07) is 13.3. The highest BCUT2D eigenvalue weighted by molar-refractivity contribution is 6.33. The van der Waals surface area contributed by atoms with E-state index in [-0.39, 0.29) is 6.03 Å². The molecule has 0 bridgehead atoms. The second-order valence-corrected chi connectivity index (χ2v) is 7.67. The molecular formula is C20H25Cl2N4O+. The van der Waals surface area contributed by atoms with Gasteiger partial charge in [-0.2, -0.15) is 0 Å². The van der Waals surface area contributed by atoms with Crippen LogP contribution in [-0.2, 0) is 0 Å². The Labute approximate surface area is 170 Å². The number of amides is 2. The van der Waals surface area contributed by atoms with Gasteiger partial charge in [0.25, 0.3) is 0 Å². The summed E-state index contributed by atoms with van der Waals surface area (Å²) in [5.74, 6) is 0. The van der Waals surface area contributed by atoms with Gasteiger partial charge in [0.05, 0.1) is 50.0 Å². The van der Waals surface area contributed by atoms with Crippen LogP contribution in [0.1, 0.15) is 5.56 Å². The van der Waals surface area contributed by atoms with E-state index in [9.17, 15) is 4.79 Å². The van der Waals surface area contributed by atoms with Gasteiger partial charge in [-0.1, -0.05) is 29.3 Å². The Morgan fingerprint density at radius 2 is 1.81 bits per heavy atom. The van der Waals surface area contributed by atoms with Crippen molar-refractivity contribution >= 4 is 40.6 Å². The normalized spacial score (nSPS) is 14.9. The highest BCUT2D eigenvalue weighted by atomic mass is 35.5. The maximum absolute atomic E-state index is 12.1. The van der Waals surface area contributed by atoms with Crippen LogP contribution < -0.4 is 20.4 Å². The first-order chi connectivity index (χ1) is 13.0. The van der Waals surface area contributed by atoms with Gasteiger partial charge in [0.15, 0.2) is 0 Å². The molecule has 27 heavy (non-hydrogen) atoms. The van der Waals surface area contributed by atoms with Crippen molar-refractivity contribution in [2.24, 2.45) is 0 Å². The summed E-state index contributed by atoms with van der Waals surface area (Å²) >= 11 is 12.1. The van der Waals surface area contributed by atoms with E-state index >= 15 is 0 Å². The highest BCUT2D eigenvalue weighted by Gasteiger charge is 2.20. The number of carbonyl (C=O) groups excluding carboxylic acids is 1. The largest absolute Gasteiger partial charge is 0.360 e. The molecule has 0 radical (unpaired) electrons. The number of benzene rings is 2. The molecule has 0 atom stereocenters. The molecule has 5 nitrogen and oxygen atoms in total. The predicted molar refractivity (Wildman–Crippen MR) is 112 cm³/mol. The van der Waals surface area contributed by atoms with Crippen LogP contribution in [0.4, 0.5) is 16.2 Å². The summed E-state index contributed by atoms with van der Waals surface area (Å²) in [5.41, 5.74) is 2.90. The smallest absolute Gasteiger partial charge is 0.319 e. The molecule has 3 N–H and O–H groups in total. The van der Waals surface area contributed by atoms with Gasteiger partial charge in [-0.05, 0) is 48.9 Å². The zero-order chi connectivity index (χ0) is 19.2. The minimum Gasteiger partial charge on any atom is -0.360 e. The number of hydrogen-bond donors (Lipinski definition) is 3. The molecule has 0 aliphatic carbocycles. The van der Waals surface area contributed by atoms with E-state index in [0.717, 1.165) is 43.3 Å². The van der Waals surface area contributed by atoms with Crippen molar-refractivity contribution < 1.29 is 9.69 Å². The topological polar surface area (TPSA) is 48.8 Å². The third kappa shape index (κ3) is 5.76. The Hall–Kier alpha value is -1.95. The summed E-state index contributed by atoms with van der Waals surface area (Å²) < 4.78 is 0. The van der Waals surface area contributed by atoms with Crippen LogP contribution in [0.3, 0.4) is 0 Å². The molecular weight excluding hydrogens is 383 g/mol. The van der Waals surface area contributed by atoms with E-state index in [2.05, 4.69) is 27.7 Å². The third-order valence-electron chi connectivity index (χ3n) is 4.80. The Kier molecular flexibility index (Phi) is 6.83. The number of hydrogen-bond acceptors (Lipinski definition) is 2. The first-order valence-corrected chi connectivity index (χ1v) is 9.92. The number of nitrogens with zero attached hydrogens (tertiary/aromatic N) is 1. The molecule has 1 aliphatic heterocycles. The number of quaternary nitrogens is 1. The van der Waals surface area contributed by atoms with Crippen LogP contribution in [-0.4, -0.2) is 45.3 Å². The molecule has 144 valence electrons. The molecule has 7 heteroatoms. The fraction of sp³-hybridized carbons (Fsp3) is 0.350. The zero-order valence-electron chi connectivity index (χ0n) is 15.4. The average molecular weight is 408 g/mol. The molecule has 1 saturated heterocycles. The molecule has 0 unspecified atom stereocenters. The average Bonchev–Trinajstić information content (AvgIpc) is 2.66. The second kappa shape index (κ2) is 9.31. The third-order valence-corrected chi connectivity index (χ3v) is 5.38. The van der Waals surface area contributed by atoms with Gasteiger partial charge in [0.1, 0.15) is 0 Å². The van der Waals surface area contributed by atoms with Crippen molar-refractivity contribution in [2.75, 3.05) is 49.5 Å².